The van der Waals surface area contributed by atoms with Crippen molar-refractivity contribution < 1.29 is 23.4 Å². The van der Waals surface area contributed by atoms with Crippen LogP contribution in [0, 0.1) is 11.6 Å². The fraction of sp³-hybridized carbons (Fsp3) is 0.179. The fourth-order valence-corrected chi connectivity index (χ4v) is 4.17. The minimum absolute atomic E-state index is 0.0284. The first-order chi connectivity index (χ1) is 18.8. The third kappa shape index (κ3) is 5.52. The maximum Gasteiger partial charge on any atom is 0.183 e. The van der Waals surface area contributed by atoms with Crippen LogP contribution < -0.4 is 10.1 Å². The number of carbonyl (C=O) groups is 1. The van der Waals surface area contributed by atoms with Crippen molar-refractivity contribution in [2.24, 2.45) is 0 Å². The molecule has 2 N–H and O–H groups in total. The number of rotatable bonds is 9. The van der Waals surface area contributed by atoms with Crippen LogP contribution in [-0.2, 0) is 17.8 Å². The van der Waals surface area contributed by atoms with E-state index < -0.39 is 11.6 Å². The van der Waals surface area contributed by atoms with Gasteiger partial charge in [0.05, 0.1) is 24.9 Å². The monoisotopic (exact) mass is 530 g/mol. The molecule has 0 spiro atoms. The van der Waals surface area contributed by atoms with E-state index in [4.69, 9.17) is 4.74 Å². The molecule has 0 fully saturated rings. The molecule has 0 saturated carbocycles. The normalized spacial score (nSPS) is 11.1. The minimum Gasteiger partial charge on any atom is -0.503 e. The Balaban J connectivity index is 1.51. The summed E-state index contributed by atoms with van der Waals surface area (Å²) in [6.07, 6.45) is 2.96. The lowest BCUT2D eigenvalue weighted by atomic mass is 10.1. The van der Waals surface area contributed by atoms with Gasteiger partial charge in [0.2, 0.25) is 0 Å². The van der Waals surface area contributed by atoms with Gasteiger partial charge in [-0.15, -0.1) is 0 Å². The smallest absolute Gasteiger partial charge is 0.183 e. The predicted octanol–water partition coefficient (Wildman–Crippen LogP) is 5.19. The molecule has 198 valence electrons. The largest absolute Gasteiger partial charge is 0.503 e. The lowest BCUT2D eigenvalue weighted by molar-refractivity contribution is -0.116. The molecule has 0 atom stereocenters. The average Bonchev–Trinajstić information content (AvgIpc) is 3.26. The van der Waals surface area contributed by atoms with Gasteiger partial charge >= 0.3 is 0 Å². The summed E-state index contributed by atoms with van der Waals surface area (Å²) in [6, 6.07) is 12.8. The molecular formula is C28H24F2N6O3. The lowest BCUT2D eigenvalue weighted by Gasteiger charge is -2.10. The van der Waals surface area contributed by atoms with E-state index in [0.717, 1.165) is 12.1 Å². The number of halogens is 2. The van der Waals surface area contributed by atoms with Crippen LogP contribution in [0.15, 0.2) is 60.9 Å². The molecule has 0 bridgehead atoms. The van der Waals surface area contributed by atoms with Crippen molar-refractivity contribution in [1.29, 1.82) is 0 Å². The molecule has 39 heavy (non-hydrogen) atoms. The molecule has 0 amide bonds. The molecule has 2 aromatic carbocycles. The molecule has 5 aromatic rings. The summed E-state index contributed by atoms with van der Waals surface area (Å²) in [4.78, 5) is 24.4. The summed E-state index contributed by atoms with van der Waals surface area (Å²) in [7, 11) is 0. The highest BCUT2D eigenvalue weighted by Crippen LogP contribution is 2.31. The van der Waals surface area contributed by atoms with Gasteiger partial charge < -0.3 is 15.2 Å². The van der Waals surface area contributed by atoms with Crippen LogP contribution in [0.1, 0.15) is 25.1 Å². The summed E-state index contributed by atoms with van der Waals surface area (Å²) >= 11 is 0. The number of hydrogen-bond acceptors (Lipinski definition) is 8. The molecule has 3 heterocycles. The number of aromatic nitrogens is 5. The second kappa shape index (κ2) is 10.8. The van der Waals surface area contributed by atoms with Crippen molar-refractivity contribution in [3.8, 4) is 23.0 Å². The summed E-state index contributed by atoms with van der Waals surface area (Å²) in [5.74, 6) is -1.30. The molecule has 0 radical (unpaired) electrons. The molecule has 0 saturated heterocycles. The quantitative estimate of drug-likeness (QED) is 0.267. The standard InChI is InChI=1S/C28H24F2N6O3/c1-3-39-19-12-22(29)21(23(30)13-19)15-36-24-7-5-4-6-20(24)26(35-36)28-32-14-25(38)27(34-28)33-17-8-9-31-18(11-17)10-16(2)37/h4-9,11-14,38H,3,10,15H2,1-2H3,(H,31,32,33,34). The number of para-hydroxylation sites is 1. The summed E-state index contributed by atoms with van der Waals surface area (Å²) in [5.41, 5.74) is 1.96. The molecule has 3 aromatic heterocycles. The highest BCUT2D eigenvalue weighted by Gasteiger charge is 2.19. The molecule has 9 nitrogen and oxygen atoms in total. The topological polar surface area (TPSA) is 115 Å². The van der Waals surface area contributed by atoms with E-state index in [1.807, 2.05) is 6.07 Å². The fourth-order valence-electron chi connectivity index (χ4n) is 4.17. The first-order valence-corrected chi connectivity index (χ1v) is 12.2. The van der Waals surface area contributed by atoms with Crippen molar-refractivity contribution >= 4 is 28.2 Å². The van der Waals surface area contributed by atoms with E-state index in [1.54, 1.807) is 43.5 Å². The van der Waals surface area contributed by atoms with E-state index in [0.29, 0.717) is 28.0 Å². The molecule has 0 unspecified atom stereocenters. The first kappa shape index (κ1) is 25.7. The molecule has 0 aliphatic heterocycles. The predicted molar refractivity (Wildman–Crippen MR) is 141 cm³/mol. The van der Waals surface area contributed by atoms with Crippen LogP contribution in [-0.4, -0.2) is 42.2 Å². The van der Waals surface area contributed by atoms with E-state index in [-0.39, 0.29) is 54.1 Å². The van der Waals surface area contributed by atoms with Gasteiger partial charge in [-0.25, -0.2) is 18.7 Å². The molecular weight excluding hydrogens is 506 g/mol. The van der Waals surface area contributed by atoms with Gasteiger partial charge in [0, 0.05) is 47.1 Å². The lowest BCUT2D eigenvalue weighted by Crippen LogP contribution is -2.07. The van der Waals surface area contributed by atoms with Crippen LogP contribution in [0.2, 0.25) is 0 Å². The van der Waals surface area contributed by atoms with Crippen LogP contribution in [0.5, 0.6) is 11.5 Å². The number of Topliss-reactive ketones (excluding diaryl/α,β-unsaturated/α-hetero) is 1. The number of nitrogens with one attached hydrogen (secondary N) is 1. The van der Waals surface area contributed by atoms with E-state index in [1.165, 1.54) is 17.8 Å². The zero-order valence-corrected chi connectivity index (χ0v) is 21.2. The van der Waals surface area contributed by atoms with Gasteiger partial charge in [-0.2, -0.15) is 5.10 Å². The van der Waals surface area contributed by atoms with E-state index >= 15 is 0 Å². The van der Waals surface area contributed by atoms with Crippen molar-refractivity contribution in [3.63, 3.8) is 0 Å². The number of fused-ring (bicyclic) bond motifs is 1. The summed E-state index contributed by atoms with van der Waals surface area (Å²) in [5, 5.41) is 18.7. The van der Waals surface area contributed by atoms with Gasteiger partial charge in [-0.05, 0) is 32.0 Å². The van der Waals surface area contributed by atoms with Crippen LogP contribution >= 0.6 is 0 Å². The third-order valence-electron chi connectivity index (χ3n) is 5.88. The number of pyridine rings is 1. The average molecular weight is 531 g/mol. The molecule has 5 rings (SSSR count). The van der Waals surface area contributed by atoms with Gasteiger partial charge in [-0.1, -0.05) is 18.2 Å². The Morgan fingerprint density at radius 3 is 2.62 bits per heavy atom. The van der Waals surface area contributed by atoms with E-state index in [2.05, 4.69) is 25.4 Å². The SMILES string of the molecule is CCOc1cc(F)c(Cn2nc(-c3ncc(O)c(Nc4ccnc(CC(C)=O)c4)n3)c3ccccc32)c(F)c1. The van der Waals surface area contributed by atoms with Gasteiger partial charge in [0.15, 0.2) is 17.4 Å². The molecule has 11 heteroatoms. The number of hydrogen-bond donors (Lipinski definition) is 2. The zero-order valence-electron chi connectivity index (χ0n) is 21.2. The number of carbonyl (C=O) groups excluding carboxylic acids is 1. The number of nitrogens with zero attached hydrogens (tertiary/aromatic N) is 5. The summed E-state index contributed by atoms with van der Waals surface area (Å²) in [6.45, 7) is 3.32. The number of benzene rings is 2. The van der Waals surface area contributed by atoms with Crippen molar-refractivity contribution in [3.05, 3.63) is 83.8 Å². The number of anilines is 2. The minimum atomic E-state index is -0.742. The van der Waals surface area contributed by atoms with Crippen LogP contribution in [0.4, 0.5) is 20.3 Å². The second-order valence-electron chi connectivity index (χ2n) is 8.79. The van der Waals surface area contributed by atoms with Crippen LogP contribution in [0.25, 0.3) is 22.4 Å². The highest BCUT2D eigenvalue weighted by atomic mass is 19.1. The Hall–Kier alpha value is -4.93. The van der Waals surface area contributed by atoms with Crippen molar-refractivity contribution in [1.82, 2.24) is 24.7 Å². The second-order valence-corrected chi connectivity index (χ2v) is 8.79. The molecule has 0 aliphatic rings. The zero-order chi connectivity index (χ0) is 27.5. The van der Waals surface area contributed by atoms with E-state index in [9.17, 15) is 18.7 Å². The number of aromatic hydroxyl groups is 1. The van der Waals surface area contributed by atoms with Gasteiger partial charge in [-0.3, -0.25) is 14.5 Å². The Morgan fingerprint density at radius 1 is 1.10 bits per heavy atom. The Bertz CT molecular complexity index is 1660. The summed E-state index contributed by atoms with van der Waals surface area (Å²) < 4.78 is 36.3. The van der Waals surface area contributed by atoms with Crippen molar-refractivity contribution in [2.75, 3.05) is 11.9 Å². The van der Waals surface area contributed by atoms with Gasteiger partial charge in [0.1, 0.15) is 28.9 Å². The third-order valence-corrected chi connectivity index (χ3v) is 5.88. The maximum atomic E-state index is 14.8. The number of ether oxygens (including phenoxy) is 1. The van der Waals surface area contributed by atoms with Crippen LogP contribution in [0.3, 0.4) is 0 Å². The highest BCUT2D eigenvalue weighted by molar-refractivity contribution is 5.92. The Labute approximate surface area is 222 Å². The van der Waals surface area contributed by atoms with Crippen molar-refractivity contribution in [2.45, 2.75) is 26.8 Å². The Kier molecular flexibility index (Phi) is 7.13. The first-order valence-electron chi connectivity index (χ1n) is 12.2. The number of ketones is 1. The van der Waals surface area contributed by atoms with Gasteiger partial charge in [0.25, 0.3) is 0 Å². The Morgan fingerprint density at radius 2 is 1.87 bits per heavy atom. The molecule has 0 aliphatic carbocycles. The maximum absolute atomic E-state index is 14.8.